The number of aromatic nitrogens is 1. The molecule has 0 saturated carbocycles. The predicted octanol–water partition coefficient (Wildman–Crippen LogP) is 2.52. The number of thioether (sulfide) groups is 1. The Bertz CT molecular complexity index is 371. The summed E-state index contributed by atoms with van der Waals surface area (Å²) in [6.45, 7) is 4.50. The van der Waals surface area contributed by atoms with Crippen molar-refractivity contribution >= 4 is 17.7 Å². The number of hydrogen-bond donors (Lipinski definition) is 0. The molecule has 0 saturated heterocycles. The highest BCUT2D eigenvalue weighted by Crippen LogP contribution is 2.31. The van der Waals surface area contributed by atoms with Crippen LogP contribution in [0.2, 0.25) is 0 Å². The number of pyridine rings is 1. The molecule has 5 heteroatoms. The summed E-state index contributed by atoms with van der Waals surface area (Å²) in [5.74, 6) is 0.551. The van der Waals surface area contributed by atoms with Crippen LogP contribution in [0.3, 0.4) is 0 Å². The van der Waals surface area contributed by atoms with E-state index in [9.17, 15) is 4.79 Å². The Labute approximate surface area is 106 Å². The first-order valence-electron chi connectivity index (χ1n) is 5.48. The quantitative estimate of drug-likeness (QED) is 0.577. The van der Waals surface area contributed by atoms with E-state index in [4.69, 9.17) is 4.74 Å². The Balaban J connectivity index is 2.63. The van der Waals surface area contributed by atoms with Gasteiger partial charge >= 0.3 is 5.97 Å². The average Bonchev–Trinajstić information content (AvgIpc) is 2.31. The van der Waals surface area contributed by atoms with Gasteiger partial charge in [-0.3, -0.25) is 4.79 Å². The van der Waals surface area contributed by atoms with Gasteiger partial charge in [0, 0.05) is 11.4 Å². The Morgan fingerprint density at radius 1 is 1.59 bits per heavy atom. The molecule has 0 spiro atoms. The van der Waals surface area contributed by atoms with E-state index < -0.39 is 0 Å². The molecular weight excluding hydrogens is 238 g/mol. The standard InChI is InChI=1S/C12H17NO3S/c1-4-16-10-6-5-7-13-12(10)17-9(2)8-11(14)15-3/h5-7,9H,4,8H2,1-3H3. The summed E-state index contributed by atoms with van der Waals surface area (Å²) in [7, 11) is 1.39. The van der Waals surface area contributed by atoms with Gasteiger partial charge in [0.25, 0.3) is 0 Å². The molecule has 1 atom stereocenters. The van der Waals surface area contributed by atoms with E-state index in [2.05, 4.69) is 9.72 Å². The number of carbonyl (C=O) groups is 1. The molecule has 0 aliphatic rings. The van der Waals surface area contributed by atoms with E-state index in [0.717, 1.165) is 10.8 Å². The number of carbonyl (C=O) groups excluding carboxylic acids is 1. The van der Waals surface area contributed by atoms with Gasteiger partial charge in [0.05, 0.1) is 20.1 Å². The minimum atomic E-state index is -0.209. The van der Waals surface area contributed by atoms with Gasteiger partial charge in [0.15, 0.2) is 5.75 Å². The smallest absolute Gasteiger partial charge is 0.306 e. The molecule has 0 aromatic carbocycles. The fourth-order valence-corrected chi connectivity index (χ4v) is 2.25. The zero-order valence-corrected chi connectivity index (χ0v) is 11.1. The van der Waals surface area contributed by atoms with Crippen LogP contribution in [0.5, 0.6) is 5.75 Å². The number of ether oxygens (including phenoxy) is 2. The lowest BCUT2D eigenvalue weighted by molar-refractivity contribution is -0.140. The van der Waals surface area contributed by atoms with Crippen molar-refractivity contribution in [3.8, 4) is 5.75 Å². The topological polar surface area (TPSA) is 48.4 Å². The van der Waals surface area contributed by atoms with Gasteiger partial charge in [-0.15, -0.1) is 0 Å². The first kappa shape index (κ1) is 13.8. The van der Waals surface area contributed by atoms with Crippen molar-refractivity contribution in [2.45, 2.75) is 30.5 Å². The Hall–Kier alpha value is -1.23. The third-order valence-electron chi connectivity index (χ3n) is 2.03. The Morgan fingerprint density at radius 2 is 2.35 bits per heavy atom. The third kappa shape index (κ3) is 4.65. The van der Waals surface area contributed by atoms with Crippen LogP contribution in [0.25, 0.3) is 0 Å². The zero-order chi connectivity index (χ0) is 12.7. The lowest BCUT2D eigenvalue weighted by Gasteiger charge is -2.12. The molecular formula is C12H17NO3S. The average molecular weight is 255 g/mol. The van der Waals surface area contributed by atoms with Crippen LogP contribution in [0.4, 0.5) is 0 Å². The van der Waals surface area contributed by atoms with Crippen molar-refractivity contribution in [2.75, 3.05) is 13.7 Å². The van der Waals surface area contributed by atoms with Gasteiger partial charge in [-0.2, -0.15) is 0 Å². The molecule has 0 aliphatic carbocycles. The van der Waals surface area contributed by atoms with Crippen molar-refractivity contribution < 1.29 is 14.3 Å². The molecule has 0 fully saturated rings. The molecule has 0 radical (unpaired) electrons. The summed E-state index contributed by atoms with van der Waals surface area (Å²) in [6.07, 6.45) is 2.08. The number of methoxy groups -OCH3 is 1. The molecule has 4 nitrogen and oxygen atoms in total. The van der Waals surface area contributed by atoms with Gasteiger partial charge in [-0.05, 0) is 19.1 Å². The normalized spacial score (nSPS) is 11.9. The van der Waals surface area contributed by atoms with Crippen LogP contribution < -0.4 is 4.74 Å². The monoisotopic (exact) mass is 255 g/mol. The summed E-state index contributed by atoms with van der Waals surface area (Å²) in [5, 5.41) is 0.919. The zero-order valence-electron chi connectivity index (χ0n) is 10.3. The largest absolute Gasteiger partial charge is 0.491 e. The van der Waals surface area contributed by atoms with Gasteiger partial charge in [0.2, 0.25) is 0 Å². The second-order valence-electron chi connectivity index (χ2n) is 3.45. The molecule has 1 aromatic heterocycles. The lowest BCUT2D eigenvalue weighted by atomic mass is 10.3. The van der Waals surface area contributed by atoms with Gasteiger partial charge in [-0.1, -0.05) is 18.7 Å². The van der Waals surface area contributed by atoms with Crippen LogP contribution in [0.15, 0.2) is 23.4 Å². The molecule has 0 amide bonds. The van der Waals surface area contributed by atoms with Crippen LogP contribution in [-0.2, 0) is 9.53 Å². The molecule has 17 heavy (non-hydrogen) atoms. The second kappa shape index (κ2) is 7.17. The summed E-state index contributed by atoms with van der Waals surface area (Å²) in [5.41, 5.74) is 0. The van der Waals surface area contributed by atoms with Crippen LogP contribution in [-0.4, -0.2) is 29.9 Å². The molecule has 1 aromatic rings. The van der Waals surface area contributed by atoms with Gasteiger partial charge in [0.1, 0.15) is 5.03 Å². The van der Waals surface area contributed by atoms with E-state index in [1.807, 2.05) is 26.0 Å². The Kier molecular flexibility index (Phi) is 5.83. The SMILES string of the molecule is CCOc1cccnc1SC(C)CC(=O)OC. The maximum Gasteiger partial charge on any atom is 0.306 e. The minimum Gasteiger partial charge on any atom is -0.491 e. The maximum absolute atomic E-state index is 11.1. The van der Waals surface area contributed by atoms with Crippen LogP contribution in [0, 0.1) is 0 Å². The van der Waals surface area contributed by atoms with Crippen LogP contribution in [0.1, 0.15) is 20.3 Å². The second-order valence-corrected chi connectivity index (χ2v) is 4.88. The lowest BCUT2D eigenvalue weighted by Crippen LogP contribution is -2.09. The highest BCUT2D eigenvalue weighted by Gasteiger charge is 2.14. The minimum absolute atomic E-state index is 0.108. The summed E-state index contributed by atoms with van der Waals surface area (Å²) in [6, 6.07) is 3.71. The highest BCUT2D eigenvalue weighted by atomic mass is 32.2. The fraction of sp³-hybridized carbons (Fsp3) is 0.500. The summed E-state index contributed by atoms with van der Waals surface area (Å²) < 4.78 is 10.1. The van der Waals surface area contributed by atoms with E-state index in [1.54, 1.807) is 6.20 Å². The predicted molar refractivity (Wildman–Crippen MR) is 67.4 cm³/mol. The van der Waals surface area contributed by atoms with E-state index >= 15 is 0 Å². The first-order chi connectivity index (χ1) is 8.17. The van der Waals surface area contributed by atoms with Gasteiger partial charge in [-0.25, -0.2) is 4.98 Å². The molecule has 1 unspecified atom stereocenters. The molecule has 94 valence electrons. The molecule has 0 bridgehead atoms. The Morgan fingerprint density at radius 3 is 3.00 bits per heavy atom. The van der Waals surface area contributed by atoms with Crippen molar-refractivity contribution in [3.05, 3.63) is 18.3 Å². The number of esters is 1. The van der Waals surface area contributed by atoms with E-state index in [-0.39, 0.29) is 11.2 Å². The fourth-order valence-electron chi connectivity index (χ4n) is 1.28. The van der Waals surface area contributed by atoms with E-state index in [0.29, 0.717) is 13.0 Å². The molecule has 1 rings (SSSR count). The summed E-state index contributed by atoms with van der Waals surface area (Å²) >= 11 is 1.52. The number of rotatable bonds is 6. The van der Waals surface area contributed by atoms with Crippen molar-refractivity contribution in [3.63, 3.8) is 0 Å². The highest BCUT2D eigenvalue weighted by molar-refractivity contribution is 8.00. The van der Waals surface area contributed by atoms with Crippen molar-refractivity contribution in [2.24, 2.45) is 0 Å². The third-order valence-corrected chi connectivity index (χ3v) is 3.13. The first-order valence-corrected chi connectivity index (χ1v) is 6.36. The molecule has 0 aliphatic heterocycles. The number of nitrogens with zero attached hydrogens (tertiary/aromatic N) is 1. The molecule has 0 N–H and O–H groups in total. The van der Waals surface area contributed by atoms with Gasteiger partial charge < -0.3 is 9.47 Å². The van der Waals surface area contributed by atoms with Crippen molar-refractivity contribution in [1.29, 1.82) is 0 Å². The maximum atomic E-state index is 11.1. The number of hydrogen-bond acceptors (Lipinski definition) is 5. The van der Waals surface area contributed by atoms with E-state index in [1.165, 1.54) is 18.9 Å². The molecule has 1 heterocycles. The van der Waals surface area contributed by atoms with Crippen molar-refractivity contribution in [1.82, 2.24) is 4.98 Å². The summed E-state index contributed by atoms with van der Waals surface area (Å²) in [4.78, 5) is 15.4. The van der Waals surface area contributed by atoms with Crippen LogP contribution >= 0.6 is 11.8 Å².